The third kappa shape index (κ3) is 7.27. The van der Waals surface area contributed by atoms with Gasteiger partial charge in [-0.3, -0.25) is 12.2 Å². The maximum absolute atomic E-state index is 3.21. The Morgan fingerprint density at radius 3 is 1.50 bits per heavy atom. The molecule has 86 valence electrons. The molecule has 0 aliphatic heterocycles. The number of hydrogen-bond acceptors (Lipinski definition) is 0. The molecule has 0 aromatic heterocycles. The van der Waals surface area contributed by atoms with Crippen molar-refractivity contribution in [1.29, 1.82) is 0 Å². The predicted molar refractivity (Wildman–Crippen MR) is 62.7 cm³/mol. The van der Waals surface area contributed by atoms with Gasteiger partial charge in [-0.05, 0) is 0 Å². The average Bonchev–Trinajstić information content (AvgIpc) is 2.92. The summed E-state index contributed by atoms with van der Waals surface area (Å²) in [5.41, 5.74) is 2.72. The Kier molecular flexibility index (Phi) is 13.1. The summed E-state index contributed by atoms with van der Waals surface area (Å²) in [5, 5.41) is 0. The Hall–Kier alpha value is -0.0357. The summed E-state index contributed by atoms with van der Waals surface area (Å²) in [5.74, 6) is 0. The van der Waals surface area contributed by atoms with E-state index in [4.69, 9.17) is 0 Å². The quantitative estimate of drug-likeness (QED) is 0.524. The fraction of sp³-hybridized carbons (Fsp3) is 0.429. The van der Waals surface area contributed by atoms with Gasteiger partial charge in [-0.2, -0.15) is 12.2 Å². The maximum atomic E-state index is 3.21. The molecule has 2 rings (SSSR count). The van der Waals surface area contributed by atoms with E-state index >= 15 is 0 Å². The van der Waals surface area contributed by atoms with Gasteiger partial charge in [0.25, 0.3) is 0 Å². The third-order valence-corrected chi connectivity index (χ3v) is 2.29. The van der Waals surface area contributed by atoms with E-state index in [-0.39, 0.29) is 35.6 Å². The Labute approximate surface area is 122 Å². The number of halogens is 1. The molecular formula is C14H19ClTi. The first-order valence-corrected chi connectivity index (χ1v) is 5.39. The average molecular weight is 271 g/mol. The minimum absolute atomic E-state index is 0. The summed E-state index contributed by atoms with van der Waals surface area (Å²) in [6.45, 7) is 4.30. The maximum Gasteiger partial charge on any atom is 4.00 e. The fourth-order valence-electron chi connectivity index (χ4n) is 1.39. The van der Waals surface area contributed by atoms with E-state index < -0.39 is 0 Å². The third-order valence-electron chi connectivity index (χ3n) is 2.29. The van der Waals surface area contributed by atoms with Crippen LogP contribution < -0.4 is 12.4 Å². The van der Waals surface area contributed by atoms with Crippen molar-refractivity contribution < 1.29 is 35.6 Å². The van der Waals surface area contributed by atoms with Crippen LogP contribution in [-0.4, -0.2) is 0 Å². The van der Waals surface area contributed by atoms with Crippen molar-refractivity contribution in [2.75, 3.05) is 0 Å². The second-order valence-electron chi connectivity index (χ2n) is 3.32. The molecule has 0 spiro atoms. The van der Waals surface area contributed by atoms with Crippen molar-refractivity contribution in [3.63, 3.8) is 0 Å². The summed E-state index contributed by atoms with van der Waals surface area (Å²) < 4.78 is 0. The Morgan fingerprint density at radius 2 is 1.38 bits per heavy atom. The molecule has 0 aromatic rings. The summed E-state index contributed by atoms with van der Waals surface area (Å²) in [6.07, 6.45) is 19.3. The van der Waals surface area contributed by atoms with Gasteiger partial charge in [0.05, 0.1) is 0 Å². The molecule has 0 amide bonds. The van der Waals surface area contributed by atoms with Crippen LogP contribution in [0.2, 0.25) is 0 Å². The summed E-state index contributed by atoms with van der Waals surface area (Å²) in [7, 11) is 0. The zero-order chi connectivity index (χ0) is 10.2. The van der Waals surface area contributed by atoms with Crippen LogP contribution in [0.1, 0.15) is 41.0 Å². The minimum Gasteiger partial charge on any atom is -1.00 e. The van der Waals surface area contributed by atoms with E-state index in [1.54, 1.807) is 0 Å². The molecule has 2 aliphatic rings. The molecule has 0 fully saturated rings. The Bertz CT molecular complexity index is 261. The van der Waals surface area contributed by atoms with E-state index in [9.17, 15) is 0 Å². The first kappa shape index (κ1) is 18.3. The second kappa shape index (κ2) is 11.4. The largest absolute Gasteiger partial charge is 4.00 e. The van der Waals surface area contributed by atoms with Gasteiger partial charge in [0.15, 0.2) is 0 Å². The van der Waals surface area contributed by atoms with E-state index in [1.807, 2.05) is 0 Å². The van der Waals surface area contributed by atoms with Gasteiger partial charge in [-0.25, -0.2) is 23.3 Å². The SMILES string of the molecule is CCC1=[C-]CC=C1.CCC1=[C-]CC=C1.[Cl-].[H-].[Ti+4]. The van der Waals surface area contributed by atoms with Crippen LogP contribution in [0.15, 0.2) is 35.5 Å². The number of rotatable bonds is 2. The smallest absolute Gasteiger partial charge is 1.00 e. The van der Waals surface area contributed by atoms with Crippen LogP contribution in [0.5, 0.6) is 0 Å². The molecule has 0 radical (unpaired) electrons. The van der Waals surface area contributed by atoms with Crippen LogP contribution in [0.3, 0.4) is 0 Å². The van der Waals surface area contributed by atoms with E-state index in [2.05, 4.69) is 50.3 Å². The van der Waals surface area contributed by atoms with Crippen LogP contribution in [0.25, 0.3) is 0 Å². The van der Waals surface area contributed by atoms with Crippen molar-refractivity contribution in [2.45, 2.75) is 39.5 Å². The van der Waals surface area contributed by atoms with Crippen LogP contribution in [0.4, 0.5) is 0 Å². The van der Waals surface area contributed by atoms with E-state index in [0.717, 1.165) is 25.7 Å². The Balaban J connectivity index is -0.000000196. The number of hydrogen-bond donors (Lipinski definition) is 0. The summed E-state index contributed by atoms with van der Waals surface area (Å²) >= 11 is 0. The fourth-order valence-corrected chi connectivity index (χ4v) is 1.39. The Morgan fingerprint density at radius 1 is 1.00 bits per heavy atom. The molecule has 0 saturated heterocycles. The monoisotopic (exact) mass is 270 g/mol. The topological polar surface area (TPSA) is 0 Å². The summed E-state index contributed by atoms with van der Waals surface area (Å²) in [6, 6.07) is 0. The summed E-state index contributed by atoms with van der Waals surface area (Å²) in [4.78, 5) is 0. The van der Waals surface area contributed by atoms with E-state index in [1.165, 1.54) is 11.1 Å². The van der Waals surface area contributed by atoms with Gasteiger partial charge in [0.1, 0.15) is 0 Å². The van der Waals surface area contributed by atoms with Gasteiger partial charge in [-0.1, -0.05) is 26.7 Å². The van der Waals surface area contributed by atoms with Crippen LogP contribution in [-0.2, 0) is 21.7 Å². The number of allylic oxidation sites excluding steroid dienone is 8. The van der Waals surface area contributed by atoms with Crippen molar-refractivity contribution >= 4 is 0 Å². The predicted octanol–water partition coefficient (Wildman–Crippen LogP) is 1.29. The standard InChI is InChI=1S/2C7H9.ClH.Ti.H/c2*1-2-7-5-3-4-6-7;;;/h2*3,5H,2,4H2,1H3;1H;;/q2*-1;;+4;-1/p-1. The van der Waals surface area contributed by atoms with Gasteiger partial charge in [0.2, 0.25) is 0 Å². The molecule has 0 heterocycles. The van der Waals surface area contributed by atoms with Gasteiger partial charge < -0.3 is 13.8 Å². The first-order chi connectivity index (χ1) is 6.86. The normalized spacial score (nSPS) is 15.4. The minimum atomic E-state index is 0. The van der Waals surface area contributed by atoms with Crippen molar-refractivity contribution in [3.8, 4) is 0 Å². The molecule has 0 unspecified atom stereocenters. The zero-order valence-electron chi connectivity index (χ0n) is 11.0. The molecule has 16 heavy (non-hydrogen) atoms. The molecule has 2 aliphatic carbocycles. The van der Waals surface area contributed by atoms with Crippen molar-refractivity contribution in [2.24, 2.45) is 0 Å². The van der Waals surface area contributed by atoms with Crippen molar-refractivity contribution in [3.05, 3.63) is 47.6 Å². The van der Waals surface area contributed by atoms with Crippen LogP contribution in [0, 0.1) is 12.2 Å². The molecule has 0 bridgehead atoms. The van der Waals surface area contributed by atoms with Crippen LogP contribution >= 0.6 is 0 Å². The second-order valence-corrected chi connectivity index (χ2v) is 3.32. The molecular weight excluding hydrogens is 251 g/mol. The first-order valence-electron chi connectivity index (χ1n) is 5.39. The molecule has 0 aromatic carbocycles. The molecule has 2 heteroatoms. The van der Waals surface area contributed by atoms with E-state index in [0.29, 0.717) is 0 Å². The van der Waals surface area contributed by atoms with Crippen molar-refractivity contribution in [1.82, 2.24) is 0 Å². The molecule has 0 N–H and O–H groups in total. The molecule has 0 nitrogen and oxygen atoms in total. The zero-order valence-corrected chi connectivity index (χ0v) is 12.3. The van der Waals surface area contributed by atoms with Gasteiger partial charge in [0, 0.05) is 0 Å². The van der Waals surface area contributed by atoms with Gasteiger partial charge in [-0.15, -0.1) is 12.8 Å². The molecule has 0 atom stereocenters. The molecule has 0 saturated carbocycles. The van der Waals surface area contributed by atoms with Gasteiger partial charge >= 0.3 is 21.7 Å².